The average Bonchev–Trinajstić information content (AvgIpc) is 3.36. The molecule has 9 heteroatoms. The van der Waals surface area contributed by atoms with Crippen LogP contribution in [-0.4, -0.2) is 72.8 Å². The minimum absolute atomic E-state index is 0.000797. The minimum atomic E-state index is -0.482. The molecule has 0 bridgehead atoms. The number of rotatable bonds is 5. The number of anilines is 2. The molecule has 0 unspecified atom stereocenters. The lowest BCUT2D eigenvalue weighted by Gasteiger charge is -2.51. The summed E-state index contributed by atoms with van der Waals surface area (Å²) in [7, 11) is 2.15. The SMILES string of the molecule is CN1CCC[C@@H]1COc1nc2c(c(N3CC[C@H]4OC(=O)[C@@]4(C)C3)n1)CCN(c1cccc3cccc(Cl)c13)C2. The smallest absolute Gasteiger partial charge is 0.318 e. The lowest BCUT2D eigenvalue weighted by molar-refractivity contribution is -0.206. The Balaban J connectivity index is 1.24. The van der Waals surface area contributed by atoms with Crippen molar-refractivity contribution in [3.05, 3.63) is 52.7 Å². The van der Waals surface area contributed by atoms with Gasteiger partial charge < -0.3 is 24.2 Å². The lowest BCUT2D eigenvalue weighted by atomic mass is 9.74. The average molecular weight is 548 g/mol. The Hall–Kier alpha value is -3.10. The van der Waals surface area contributed by atoms with Crippen LogP contribution in [0.15, 0.2) is 36.4 Å². The van der Waals surface area contributed by atoms with Crippen LogP contribution >= 0.6 is 11.6 Å². The van der Waals surface area contributed by atoms with Crippen LogP contribution in [0.2, 0.25) is 5.02 Å². The maximum atomic E-state index is 12.4. The van der Waals surface area contributed by atoms with Crippen molar-refractivity contribution in [1.82, 2.24) is 14.9 Å². The molecule has 3 fully saturated rings. The molecule has 7 rings (SSSR count). The van der Waals surface area contributed by atoms with E-state index in [0.717, 1.165) is 77.5 Å². The van der Waals surface area contributed by atoms with E-state index in [-0.39, 0.29) is 12.1 Å². The van der Waals surface area contributed by atoms with Gasteiger partial charge in [-0.05, 0) is 57.3 Å². The second-order valence-electron chi connectivity index (χ2n) is 11.7. The van der Waals surface area contributed by atoms with Gasteiger partial charge in [0.15, 0.2) is 0 Å². The molecule has 2 aromatic carbocycles. The van der Waals surface area contributed by atoms with Crippen molar-refractivity contribution in [3.8, 4) is 6.01 Å². The van der Waals surface area contributed by atoms with Gasteiger partial charge in [-0.25, -0.2) is 0 Å². The molecule has 0 spiro atoms. The van der Waals surface area contributed by atoms with Gasteiger partial charge >= 0.3 is 12.0 Å². The molecule has 0 radical (unpaired) electrons. The van der Waals surface area contributed by atoms with E-state index < -0.39 is 5.41 Å². The van der Waals surface area contributed by atoms with Crippen LogP contribution in [0, 0.1) is 5.41 Å². The number of aromatic nitrogens is 2. The minimum Gasteiger partial charge on any atom is -0.462 e. The summed E-state index contributed by atoms with van der Waals surface area (Å²) >= 11 is 6.68. The highest BCUT2D eigenvalue weighted by atomic mass is 35.5. The van der Waals surface area contributed by atoms with Crippen LogP contribution in [0.1, 0.15) is 37.4 Å². The summed E-state index contributed by atoms with van der Waals surface area (Å²) in [6.07, 6.45) is 3.92. The van der Waals surface area contributed by atoms with Crippen LogP contribution in [0.25, 0.3) is 10.8 Å². The van der Waals surface area contributed by atoms with Crippen molar-refractivity contribution >= 4 is 39.8 Å². The maximum Gasteiger partial charge on any atom is 0.318 e. The van der Waals surface area contributed by atoms with Gasteiger partial charge in [-0.3, -0.25) is 4.79 Å². The summed E-state index contributed by atoms with van der Waals surface area (Å²) < 4.78 is 11.7. The molecular formula is C30H34ClN5O3. The third kappa shape index (κ3) is 4.19. The number of ether oxygens (including phenoxy) is 2. The molecule has 204 valence electrons. The monoisotopic (exact) mass is 547 g/mol. The van der Waals surface area contributed by atoms with Crippen LogP contribution < -0.4 is 14.5 Å². The van der Waals surface area contributed by atoms with Gasteiger partial charge in [0, 0.05) is 48.7 Å². The number of hydrogen-bond acceptors (Lipinski definition) is 8. The van der Waals surface area contributed by atoms with Crippen LogP contribution in [-0.2, 0) is 22.5 Å². The van der Waals surface area contributed by atoms with E-state index in [1.165, 1.54) is 6.42 Å². The standard InChI is InChI=1S/C30H34ClN5O3/c1-30-18-36(15-12-25(30)39-28(30)37)27-21-11-14-35(24-10-4-7-19-6-3-9-22(31)26(19)24)16-23(21)32-29(33-27)38-17-20-8-5-13-34(20)2/h3-4,6-7,9-10,20,25H,5,8,11-18H2,1-2H3/t20-,25-,30+/m1/s1. The second-order valence-corrected chi connectivity index (χ2v) is 12.1. The molecular weight excluding hydrogens is 514 g/mol. The highest BCUT2D eigenvalue weighted by Gasteiger charge is 2.57. The van der Waals surface area contributed by atoms with Crippen molar-refractivity contribution in [2.75, 3.05) is 49.6 Å². The van der Waals surface area contributed by atoms with Gasteiger partial charge in [0.1, 0.15) is 23.9 Å². The molecule has 0 aliphatic carbocycles. The van der Waals surface area contributed by atoms with Crippen molar-refractivity contribution < 1.29 is 14.3 Å². The first kappa shape index (κ1) is 24.9. The van der Waals surface area contributed by atoms with Crippen molar-refractivity contribution in [1.29, 1.82) is 0 Å². The number of fused-ring (bicyclic) bond motifs is 3. The number of nitrogens with zero attached hydrogens (tertiary/aromatic N) is 5. The third-order valence-corrected chi connectivity index (χ3v) is 9.49. The summed E-state index contributed by atoms with van der Waals surface area (Å²) in [4.78, 5) is 29.3. The molecule has 3 saturated heterocycles. The van der Waals surface area contributed by atoms with E-state index in [9.17, 15) is 4.79 Å². The van der Waals surface area contributed by atoms with E-state index in [1.807, 2.05) is 19.1 Å². The molecule has 4 aliphatic rings. The van der Waals surface area contributed by atoms with Crippen molar-refractivity contribution in [2.24, 2.45) is 5.41 Å². The Kier molecular flexibility index (Phi) is 6.08. The van der Waals surface area contributed by atoms with E-state index >= 15 is 0 Å². The number of carbonyl (C=O) groups excluding carboxylic acids is 1. The predicted molar refractivity (Wildman–Crippen MR) is 152 cm³/mol. The van der Waals surface area contributed by atoms with E-state index in [1.54, 1.807) is 0 Å². The maximum absolute atomic E-state index is 12.4. The number of carbonyl (C=O) groups is 1. The van der Waals surface area contributed by atoms with E-state index in [2.05, 4.69) is 46.0 Å². The molecule has 5 heterocycles. The highest BCUT2D eigenvalue weighted by molar-refractivity contribution is 6.36. The van der Waals surface area contributed by atoms with Crippen LogP contribution in [0.3, 0.4) is 0 Å². The number of likely N-dealkylation sites (N-methyl/N-ethyl adjacent to an activating group) is 1. The molecule has 4 aliphatic heterocycles. The van der Waals surface area contributed by atoms with Gasteiger partial charge in [0.2, 0.25) is 0 Å². The van der Waals surface area contributed by atoms with Gasteiger partial charge in [0.25, 0.3) is 0 Å². The van der Waals surface area contributed by atoms with Crippen LogP contribution in [0.5, 0.6) is 6.01 Å². The number of benzene rings is 2. The van der Waals surface area contributed by atoms with Gasteiger partial charge in [-0.15, -0.1) is 0 Å². The van der Waals surface area contributed by atoms with E-state index in [4.69, 9.17) is 31.0 Å². The molecule has 0 saturated carbocycles. The Morgan fingerprint density at radius 2 is 1.95 bits per heavy atom. The number of hydrogen-bond donors (Lipinski definition) is 0. The van der Waals surface area contributed by atoms with Crippen molar-refractivity contribution in [2.45, 2.75) is 51.3 Å². The van der Waals surface area contributed by atoms with Crippen molar-refractivity contribution in [3.63, 3.8) is 0 Å². The van der Waals surface area contributed by atoms with Gasteiger partial charge in [-0.1, -0.05) is 35.9 Å². The summed E-state index contributed by atoms with van der Waals surface area (Å²) in [5.41, 5.74) is 2.76. The van der Waals surface area contributed by atoms with Gasteiger partial charge in [-0.2, -0.15) is 9.97 Å². The zero-order valence-corrected chi connectivity index (χ0v) is 23.3. The quantitative estimate of drug-likeness (QED) is 0.434. The zero-order chi connectivity index (χ0) is 26.7. The Morgan fingerprint density at radius 3 is 2.74 bits per heavy atom. The first-order valence-electron chi connectivity index (χ1n) is 14.0. The number of esters is 1. The van der Waals surface area contributed by atoms with Crippen LogP contribution in [0.4, 0.5) is 11.5 Å². The first-order chi connectivity index (χ1) is 18.9. The Morgan fingerprint density at radius 1 is 1.10 bits per heavy atom. The molecule has 0 amide bonds. The highest BCUT2D eigenvalue weighted by Crippen LogP contribution is 2.44. The molecule has 3 atom stereocenters. The Labute approximate surface area is 233 Å². The second kappa shape index (κ2) is 9.52. The predicted octanol–water partition coefficient (Wildman–Crippen LogP) is 4.46. The summed E-state index contributed by atoms with van der Waals surface area (Å²) in [6, 6.07) is 13.2. The largest absolute Gasteiger partial charge is 0.462 e. The number of piperidine rings is 1. The summed E-state index contributed by atoms with van der Waals surface area (Å²) in [5, 5.41) is 2.95. The fourth-order valence-electron chi connectivity index (χ4n) is 6.76. The van der Waals surface area contributed by atoms with E-state index in [0.29, 0.717) is 31.7 Å². The number of likely N-dealkylation sites (tertiary alicyclic amines) is 1. The summed E-state index contributed by atoms with van der Waals surface area (Å²) in [6.45, 7) is 6.56. The number of halogens is 1. The Bertz CT molecular complexity index is 1440. The lowest BCUT2D eigenvalue weighted by Crippen LogP contribution is -2.64. The van der Waals surface area contributed by atoms with Gasteiger partial charge in [0.05, 0.1) is 17.3 Å². The molecule has 39 heavy (non-hydrogen) atoms. The molecule has 3 aromatic rings. The normalized spacial score (nSPS) is 26.7. The first-order valence-corrected chi connectivity index (χ1v) is 14.4. The molecule has 1 aromatic heterocycles. The fraction of sp³-hybridized carbons (Fsp3) is 0.500. The fourth-order valence-corrected chi connectivity index (χ4v) is 7.04. The topological polar surface area (TPSA) is 71.0 Å². The molecule has 0 N–H and O–H groups in total. The third-order valence-electron chi connectivity index (χ3n) is 9.18. The molecule has 8 nitrogen and oxygen atoms in total. The zero-order valence-electron chi connectivity index (χ0n) is 22.5. The summed E-state index contributed by atoms with van der Waals surface area (Å²) in [5.74, 6) is 0.796.